The first-order valence-electron chi connectivity index (χ1n) is 8.34. The van der Waals surface area contributed by atoms with Crippen LogP contribution in [-0.4, -0.2) is 73.9 Å². The van der Waals surface area contributed by atoms with Gasteiger partial charge >= 0.3 is 0 Å². The molecule has 3 rings (SSSR count). The minimum absolute atomic E-state index is 0.0729. The summed E-state index contributed by atoms with van der Waals surface area (Å²) in [4.78, 5) is 26.1. The maximum atomic E-state index is 12.5. The number of aromatic nitrogens is 3. The van der Waals surface area contributed by atoms with Gasteiger partial charge in [-0.05, 0) is 12.1 Å². The van der Waals surface area contributed by atoms with Crippen LogP contribution in [0.25, 0.3) is 0 Å². The van der Waals surface area contributed by atoms with Crippen LogP contribution in [0.15, 0.2) is 35.1 Å². The average molecular weight is 428 g/mol. The molecule has 4 atom stereocenters. The summed E-state index contributed by atoms with van der Waals surface area (Å²) in [7, 11) is 1.30. The summed E-state index contributed by atoms with van der Waals surface area (Å²) in [6, 6.07) is 6.32. The van der Waals surface area contributed by atoms with Crippen LogP contribution in [0, 0.1) is 0 Å². The third-order valence-corrected chi connectivity index (χ3v) is 4.29. The summed E-state index contributed by atoms with van der Waals surface area (Å²) < 4.78 is 9.94. The van der Waals surface area contributed by atoms with Gasteiger partial charge in [-0.1, -0.05) is 12.1 Å². The van der Waals surface area contributed by atoms with Gasteiger partial charge in [0.15, 0.2) is 17.8 Å². The van der Waals surface area contributed by atoms with Crippen molar-refractivity contribution in [1.82, 2.24) is 20.1 Å². The van der Waals surface area contributed by atoms with Crippen LogP contribution < -0.4 is 10.2 Å². The van der Waals surface area contributed by atoms with Crippen LogP contribution in [0.4, 0.5) is 0 Å². The number of ether oxygens (including phenoxy) is 1. The predicted molar refractivity (Wildman–Crippen MR) is 97.0 cm³/mol. The van der Waals surface area contributed by atoms with Crippen molar-refractivity contribution in [3.63, 3.8) is 0 Å². The molecular weight excluding hydrogens is 410 g/mol. The first-order chi connectivity index (χ1) is 14.0. The molecule has 0 spiro atoms. The highest BCUT2D eigenvalue weighted by molar-refractivity contribution is 6.24. The third kappa shape index (κ3) is 4.37. The SMILES string of the molecule is COOc1ccccc1C(=O)NC(=NCl)c1ncn(C2OC(CO)C(O)C2O)n1. The van der Waals surface area contributed by atoms with Gasteiger partial charge in [-0.2, -0.15) is 9.40 Å². The Hall–Kier alpha value is -2.61. The molecule has 1 aromatic heterocycles. The number of para-hydroxylation sites is 1. The summed E-state index contributed by atoms with van der Waals surface area (Å²) in [6.45, 7) is -0.482. The number of amidine groups is 1. The zero-order valence-corrected chi connectivity index (χ0v) is 15.8. The molecule has 13 heteroatoms. The fraction of sp³-hybridized carbons (Fsp3) is 0.375. The van der Waals surface area contributed by atoms with Gasteiger partial charge in [0, 0.05) is 11.8 Å². The van der Waals surface area contributed by atoms with E-state index < -0.39 is 37.1 Å². The van der Waals surface area contributed by atoms with E-state index in [1.807, 2.05) is 0 Å². The lowest BCUT2D eigenvalue weighted by molar-refractivity contribution is -0.178. The van der Waals surface area contributed by atoms with Gasteiger partial charge in [0.25, 0.3) is 5.91 Å². The number of amides is 1. The van der Waals surface area contributed by atoms with Crippen LogP contribution in [-0.2, 0) is 9.62 Å². The number of hydrogen-bond acceptors (Lipinski definition) is 10. The second-order valence-corrected chi connectivity index (χ2v) is 6.08. The van der Waals surface area contributed by atoms with Crippen molar-refractivity contribution in [2.75, 3.05) is 13.7 Å². The number of carbonyl (C=O) groups excluding carboxylic acids is 1. The summed E-state index contributed by atoms with van der Waals surface area (Å²) in [6.07, 6.45) is -3.50. The van der Waals surface area contributed by atoms with Crippen LogP contribution in [0.5, 0.6) is 5.75 Å². The van der Waals surface area contributed by atoms with E-state index in [0.717, 1.165) is 4.68 Å². The van der Waals surface area contributed by atoms with Crippen LogP contribution in [0.3, 0.4) is 0 Å². The molecule has 4 unspecified atom stereocenters. The minimum Gasteiger partial charge on any atom is -0.394 e. The Morgan fingerprint density at radius 2 is 2.14 bits per heavy atom. The van der Waals surface area contributed by atoms with Crippen LogP contribution in [0.1, 0.15) is 22.4 Å². The standard InChI is InChI=1S/C16H18ClN5O7/c1-27-29-9-5-3-2-4-8(9)15(26)19-14(20-17)13-18-7-22(21-13)16-12(25)11(24)10(6-23)28-16/h2-5,7,10-12,16,23-25H,6H2,1H3,(H,19,20,26). The van der Waals surface area contributed by atoms with Crippen molar-refractivity contribution in [2.24, 2.45) is 4.51 Å². The molecule has 156 valence electrons. The van der Waals surface area contributed by atoms with E-state index >= 15 is 0 Å². The first-order valence-corrected chi connectivity index (χ1v) is 8.68. The molecule has 4 N–H and O–H groups in total. The number of rotatable bonds is 6. The normalized spacial score (nSPS) is 24.5. The molecule has 0 saturated carbocycles. The Balaban J connectivity index is 1.76. The summed E-state index contributed by atoms with van der Waals surface area (Å²) in [5.74, 6) is -0.682. The number of carbonyl (C=O) groups is 1. The molecule has 2 aromatic rings. The lowest BCUT2D eigenvalue weighted by Gasteiger charge is -2.14. The van der Waals surface area contributed by atoms with E-state index in [4.69, 9.17) is 21.4 Å². The van der Waals surface area contributed by atoms with E-state index in [1.54, 1.807) is 12.1 Å². The number of hydrogen-bond donors (Lipinski definition) is 4. The highest BCUT2D eigenvalue weighted by Crippen LogP contribution is 2.28. The molecule has 29 heavy (non-hydrogen) atoms. The molecule has 1 aliphatic rings. The Bertz CT molecular complexity index is 892. The maximum Gasteiger partial charge on any atom is 0.260 e. The topological polar surface area (TPSA) is 161 Å². The van der Waals surface area contributed by atoms with Gasteiger partial charge in [-0.15, -0.1) is 5.10 Å². The van der Waals surface area contributed by atoms with E-state index in [-0.39, 0.29) is 23.0 Å². The highest BCUT2D eigenvalue weighted by atomic mass is 35.5. The first kappa shape index (κ1) is 21.1. The van der Waals surface area contributed by atoms with Gasteiger partial charge in [0.2, 0.25) is 5.82 Å². The van der Waals surface area contributed by atoms with E-state index in [0.29, 0.717) is 0 Å². The molecule has 1 aliphatic heterocycles. The Morgan fingerprint density at radius 3 is 2.79 bits per heavy atom. The average Bonchev–Trinajstić information content (AvgIpc) is 3.32. The van der Waals surface area contributed by atoms with Gasteiger partial charge in [-0.25, -0.2) is 9.67 Å². The second kappa shape index (κ2) is 9.26. The molecule has 1 amide bonds. The maximum absolute atomic E-state index is 12.5. The predicted octanol–water partition coefficient (Wildman–Crippen LogP) is -0.840. The second-order valence-electron chi connectivity index (χ2n) is 5.91. The lowest BCUT2D eigenvalue weighted by Crippen LogP contribution is -2.33. The van der Waals surface area contributed by atoms with Crippen molar-refractivity contribution < 1.29 is 34.6 Å². The lowest BCUT2D eigenvalue weighted by atomic mass is 10.1. The van der Waals surface area contributed by atoms with Gasteiger partial charge in [-0.3, -0.25) is 4.79 Å². The van der Waals surface area contributed by atoms with Crippen molar-refractivity contribution in [1.29, 1.82) is 0 Å². The smallest absolute Gasteiger partial charge is 0.260 e. The van der Waals surface area contributed by atoms with Crippen LogP contribution in [0.2, 0.25) is 0 Å². The summed E-state index contributed by atoms with van der Waals surface area (Å²) >= 11 is 5.58. The highest BCUT2D eigenvalue weighted by Gasteiger charge is 2.44. The Kier molecular flexibility index (Phi) is 6.74. The minimum atomic E-state index is -1.34. The number of aliphatic hydroxyl groups excluding tert-OH is 3. The van der Waals surface area contributed by atoms with Crippen molar-refractivity contribution in [3.05, 3.63) is 42.0 Å². The molecule has 1 fully saturated rings. The van der Waals surface area contributed by atoms with Crippen LogP contribution >= 0.6 is 11.8 Å². The molecule has 12 nitrogen and oxygen atoms in total. The zero-order chi connectivity index (χ0) is 21.0. The van der Waals surface area contributed by atoms with Crippen molar-refractivity contribution in [3.8, 4) is 5.75 Å². The van der Waals surface area contributed by atoms with E-state index in [9.17, 15) is 20.1 Å². The van der Waals surface area contributed by atoms with Gasteiger partial charge in [0.1, 0.15) is 24.6 Å². The quantitative estimate of drug-likeness (QED) is 0.199. The van der Waals surface area contributed by atoms with Crippen molar-refractivity contribution in [2.45, 2.75) is 24.5 Å². The number of benzene rings is 1. The zero-order valence-electron chi connectivity index (χ0n) is 15.0. The number of nitrogens with one attached hydrogen (secondary N) is 1. The largest absolute Gasteiger partial charge is 0.394 e. The fourth-order valence-electron chi connectivity index (χ4n) is 2.71. The molecule has 0 bridgehead atoms. The van der Waals surface area contributed by atoms with Crippen molar-refractivity contribution >= 4 is 23.5 Å². The van der Waals surface area contributed by atoms with Gasteiger partial charge in [0.05, 0.1) is 19.3 Å². The monoisotopic (exact) mass is 427 g/mol. The number of halogens is 1. The Labute approximate surface area is 169 Å². The van der Waals surface area contributed by atoms with E-state index in [2.05, 4.69) is 24.8 Å². The Morgan fingerprint density at radius 1 is 1.38 bits per heavy atom. The summed E-state index contributed by atoms with van der Waals surface area (Å²) in [5.41, 5.74) is 0.148. The fourth-order valence-corrected chi connectivity index (χ4v) is 2.83. The van der Waals surface area contributed by atoms with E-state index in [1.165, 1.54) is 25.6 Å². The molecular formula is C16H18ClN5O7. The number of nitrogens with zero attached hydrogens (tertiary/aromatic N) is 4. The molecule has 2 heterocycles. The third-order valence-electron chi connectivity index (χ3n) is 4.12. The summed E-state index contributed by atoms with van der Waals surface area (Å²) in [5, 5.41) is 35.6. The number of aliphatic hydroxyl groups is 3. The van der Waals surface area contributed by atoms with Gasteiger partial charge < -0.3 is 30.3 Å². The molecule has 0 aliphatic carbocycles. The molecule has 1 aromatic carbocycles. The molecule has 0 radical (unpaired) electrons. The molecule has 1 saturated heterocycles.